The van der Waals surface area contributed by atoms with Gasteiger partial charge in [0.05, 0.1) is 5.56 Å². The first kappa shape index (κ1) is 25.5. The monoisotopic (exact) mass is 508 g/mol. The SMILES string of the molecule is Br.CCc1c(C(=O)O)ccnc1C(=O)N(CCCCBr)C(=O)OC(C)(C)C. The van der Waals surface area contributed by atoms with Crippen LogP contribution in [-0.2, 0) is 11.2 Å². The Balaban J connectivity index is 0.00000676. The van der Waals surface area contributed by atoms with Gasteiger partial charge in [0.15, 0.2) is 0 Å². The molecule has 0 atom stereocenters. The topological polar surface area (TPSA) is 96.8 Å². The van der Waals surface area contributed by atoms with Gasteiger partial charge >= 0.3 is 12.1 Å². The zero-order valence-electron chi connectivity index (χ0n) is 16.0. The van der Waals surface area contributed by atoms with Crippen molar-refractivity contribution in [1.29, 1.82) is 0 Å². The number of imide groups is 1. The van der Waals surface area contributed by atoms with Crippen molar-refractivity contribution in [1.82, 2.24) is 9.88 Å². The summed E-state index contributed by atoms with van der Waals surface area (Å²) in [5.74, 6) is -1.78. The molecule has 0 spiro atoms. The Morgan fingerprint density at radius 2 is 1.89 bits per heavy atom. The molecule has 0 saturated heterocycles. The Morgan fingerprint density at radius 1 is 1.26 bits per heavy atom. The van der Waals surface area contributed by atoms with Crippen LogP contribution in [-0.4, -0.2) is 50.4 Å². The first-order valence-electron chi connectivity index (χ1n) is 8.44. The predicted molar refractivity (Wildman–Crippen MR) is 111 cm³/mol. The number of carboxylic acid groups (broad SMARTS) is 1. The van der Waals surface area contributed by atoms with E-state index in [9.17, 15) is 19.5 Å². The minimum absolute atomic E-state index is 0. The van der Waals surface area contributed by atoms with Crippen molar-refractivity contribution < 1.29 is 24.2 Å². The lowest BCUT2D eigenvalue weighted by atomic mass is 10.0. The molecule has 152 valence electrons. The fourth-order valence-corrected chi connectivity index (χ4v) is 2.72. The number of ether oxygens (including phenoxy) is 1. The Kier molecular flexibility index (Phi) is 10.8. The van der Waals surface area contributed by atoms with Crippen LogP contribution in [0.15, 0.2) is 12.3 Å². The van der Waals surface area contributed by atoms with E-state index in [2.05, 4.69) is 20.9 Å². The lowest BCUT2D eigenvalue weighted by Gasteiger charge is -2.26. The Hall–Kier alpha value is -1.48. The number of amides is 2. The number of aromatic carboxylic acids is 1. The zero-order chi connectivity index (χ0) is 19.9. The molecule has 0 aromatic carbocycles. The van der Waals surface area contributed by atoms with Crippen molar-refractivity contribution >= 4 is 50.9 Å². The van der Waals surface area contributed by atoms with Crippen LogP contribution in [0.4, 0.5) is 4.79 Å². The first-order chi connectivity index (χ1) is 12.1. The van der Waals surface area contributed by atoms with E-state index in [1.807, 2.05) is 0 Å². The maximum absolute atomic E-state index is 13.0. The molecule has 0 unspecified atom stereocenters. The van der Waals surface area contributed by atoms with Gasteiger partial charge in [-0.05, 0) is 51.7 Å². The highest BCUT2D eigenvalue weighted by atomic mass is 79.9. The van der Waals surface area contributed by atoms with Crippen LogP contribution in [0.1, 0.15) is 66.9 Å². The molecule has 1 aromatic rings. The van der Waals surface area contributed by atoms with Crippen molar-refractivity contribution in [2.75, 3.05) is 11.9 Å². The molecule has 7 nitrogen and oxygen atoms in total. The van der Waals surface area contributed by atoms with Crippen LogP contribution in [0.5, 0.6) is 0 Å². The van der Waals surface area contributed by atoms with Crippen LogP contribution in [0.2, 0.25) is 0 Å². The molecular formula is C18H26Br2N2O5. The molecule has 0 aliphatic carbocycles. The van der Waals surface area contributed by atoms with Crippen LogP contribution in [0, 0.1) is 0 Å². The van der Waals surface area contributed by atoms with E-state index in [0.29, 0.717) is 18.4 Å². The van der Waals surface area contributed by atoms with Crippen LogP contribution >= 0.6 is 32.9 Å². The highest BCUT2D eigenvalue weighted by molar-refractivity contribution is 9.09. The molecule has 27 heavy (non-hydrogen) atoms. The van der Waals surface area contributed by atoms with Crippen molar-refractivity contribution in [3.63, 3.8) is 0 Å². The minimum Gasteiger partial charge on any atom is -0.478 e. The summed E-state index contributed by atoms with van der Waals surface area (Å²) in [6.07, 6.45) is 2.18. The van der Waals surface area contributed by atoms with Crippen molar-refractivity contribution in [2.45, 2.75) is 52.6 Å². The van der Waals surface area contributed by atoms with Gasteiger partial charge in [-0.25, -0.2) is 14.5 Å². The van der Waals surface area contributed by atoms with Gasteiger partial charge in [-0.2, -0.15) is 0 Å². The number of carbonyl (C=O) groups excluding carboxylic acids is 2. The van der Waals surface area contributed by atoms with Gasteiger partial charge in [0.1, 0.15) is 11.3 Å². The summed E-state index contributed by atoms with van der Waals surface area (Å²) < 4.78 is 5.33. The van der Waals surface area contributed by atoms with Gasteiger partial charge in [0.25, 0.3) is 5.91 Å². The molecule has 0 saturated carbocycles. The second kappa shape index (κ2) is 11.4. The number of unbranched alkanes of at least 4 members (excludes halogenated alkanes) is 1. The average molecular weight is 510 g/mol. The summed E-state index contributed by atoms with van der Waals surface area (Å²) in [6, 6.07) is 1.35. The molecule has 1 rings (SSSR count). The number of carboxylic acids is 1. The third-order valence-corrected chi connectivity index (χ3v) is 4.03. The van der Waals surface area contributed by atoms with Crippen LogP contribution < -0.4 is 0 Å². The Morgan fingerprint density at radius 3 is 2.37 bits per heavy atom. The minimum atomic E-state index is -1.14. The third kappa shape index (κ3) is 7.57. The van der Waals surface area contributed by atoms with Crippen molar-refractivity contribution in [2.24, 2.45) is 0 Å². The number of halogens is 2. The first-order valence-corrected chi connectivity index (χ1v) is 9.56. The predicted octanol–water partition coefficient (Wildman–Crippen LogP) is 4.47. The number of carbonyl (C=O) groups is 3. The molecule has 0 fully saturated rings. The highest BCUT2D eigenvalue weighted by Gasteiger charge is 2.30. The Labute approximate surface area is 178 Å². The normalized spacial score (nSPS) is 10.7. The van der Waals surface area contributed by atoms with E-state index in [1.165, 1.54) is 12.3 Å². The summed E-state index contributed by atoms with van der Waals surface area (Å²) >= 11 is 3.32. The van der Waals surface area contributed by atoms with Gasteiger partial charge in [0, 0.05) is 18.1 Å². The Bertz CT molecular complexity index is 674. The second-order valence-corrected chi connectivity index (χ2v) is 7.47. The van der Waals surface area contributed by atoms with Gasteiger partial charge in [-0.3, -0.25) is 9.78 Å². The van der Waals surface area contributed by atoms with Gasteiger partial charge in [-0.15, -0.1) is 17.0 Å². The summed E-state index contributed by atoms with van der Waals surface area (Å²) in [4.78, 5) is 42.0. The van der Waals surface area contributed by atoms with Crippen molar-refractivity contribution in [3.8, 4) is 0 Å². The van der Waals surface area contributed by atoms with E-state index in [0.717, 1.165) is 16.7 Å². The standard InChI is InChI=1S/C18H25BrN2O5.BrH/c1-5-12-13(16(23)24)8-10-20-14(12)15(22)21(11-7-6-9-19)17(25)26-18(2,3)4;/h8,10H,5-7,9,11H2,1-4H3,(H,23,24);1H. The second-order valence-electron chi connectivity index (χ2n) is 6.68. The molecule has 0 radical (unpaired) electrons. The van der Waals surface area contributed by atoms with Gasteiger partial charge in [0.2, 0.25) is 0 Å². The molecular weight excluding hydrogens is 484 g/mol. The summed E-state index contributed by atoms with van der Waals surface area (Å²) in [5.41, 5.74) is -0.471. The molecule has 2 amide bonds. The van der Waals surface area contributed by atoms with E-state index in [1.54, 1.807) is 27.7 Å². The van der Waals surface area contributed by atoms with E-state index in [4.69, 9.17) is 4.74 Å². The molecule has 0 aliphatic heterocycles. The van der Waals surface area contributed by atoms with Crippen LogP contribution in [0.25, 0.3) is 0 Å². The summed E-state index contributed by atoms with van der Waals surface area (Å²) in [6.45, 7) is 7.05. The lowest BCUT2D eigenvalue weighted by molar-refractivity contribution is 0.0237. The number of hydrogen-bond acceptors (Lipinski definition) is 5. The molecule has 0 aliphatic rings. The smallest absolute Gasteiger partial charge is 0.417 e. The molecule has 0 bridgehead atoms. The number of pyridine rings is 1. The number of rotatable bonds is 7. The van der Waals surface area contributed by atoms with Gasteiger partial charge in [-0.1, -0.05) is 22.9 Å². The number of aromatic nitrogens is 1. The zero-order valence-corrected chi connectivity index (χ0v) is 19.3. The van der Waals surface area contributed by atoms with E-state index >= 15 is 0 Å². The fourth-order valence-electron chi connectivity index (χ4n) is 2.32. The van der Waals surface area contributed by atoms with Crippen LogP contribution in [0.3, 0.4) is 0 Å². The molecule has 1 heterocycles. The van der Waals surface area contributed by atoms with Gasteiger partial charge < -0.3 is 9.84 Å². The summed E-state index contributed by atoms with van der Waals surface area (Å²) in [5, 5.41) is 10.1. The number of nitrogens with zero attached hydrogens (tertiary/aromatic N) is 2. The highest BCUT2D eigenvalue weighted by Crippen LogP contribution is 2.18. The average Bonchev–Trinajstić information content (AvgIpc) is 2.55. The van der Waals surface area contributed by atoms with E-state index in [-0.39, 0.29) is 34.8 Å². The number of alkyl halides is 1. The van der Waals surface area contributed by atoms with E-state index < -0.39 is 23.6 Å². The largest absolute Gasteiger partial charge is 0.478 e. The lowest BCUT2D eigenvalue weighted by Crippen LogP contribution is -2.42. The van der Waals surface area contributed by atoms with Crippen molar-refractivity contribution in [3.05, 3.63) is 29.1 Å². The molecule has 1 aromatic heterocycles. The maximum Gasteiger partial charge on any atom is 0.417 e. The molecule has 1 N–H and O–H groups in total. The third-order valence-electron chi connectivity index (χ3n) is 3.47. The molecule has 9 heteroatoms. The number of hydrogen-bond donors (Lipinski definition) is 1. The quantitative estimate of drug-likeness (QED) is 0.430. The summed E-state index contributed by atoms with van der Waals surface area (Å²) in [7, 11) is 0. The maximum atomic E-state index is 13.0. The fraction of sp³-hybridized carbons (Fsp3) is 0.556.